The molecule has 0 saturated carbocycles. The summed E-state index contributed by atoms with van der Waals surface area (Å²) in [5.74, 6) is 0.275. The summed E-state index contributed by atoms with van der Waals surface area (Å²) in [6.07, 6.45) is 1.77. The molecule has 2 aromatic carbocycles. The Morgan fingerprint density at radius 2 is 1.94 bits per heavy atom. The van der Waals surface area contributed by atoms with Gasteiger partial charge in [0.15, 0.2) is 11.0 Å². The molecule has 1 aromatic heterocycles. The first-order valence-electron chi connectivity index (χ1n) is 9.83. The highest BCUT2D eigenvalue weighted by molar-refractivity contribution is 7.99. The van der Waals surface area contributed by atoms with Crippen molar-refractivity contribution in [3.8, 4) is 11.4 Å². The number of amides is 2. The minimum atomic E-state index is -0.756. The van der Waals surface area contributed by atoms with Gasteiger partial charge in [-0.05, 0) is 18.6 Å². The van der Waals surface area contributed by atoms with Gasteiger partial charge in [-0.15, -0.1) is 16.8 Å². The largest absolute Gasteiger partial charge is 0.357 e. The van der Waals surface area contributed by atoms with Crippen LogP contribution < -0.4 is 10.6 Å². The number of nitrogens with one attached hydrogen (secondary N) is 2. The quantitative estimate of drug-likeness (QED) is 0.398. The molecule has 0 saturated heterocycles. The average molecular weight is 436 g/mol. The monoisotopic (exact) mass is 435 g/mol. The summed E-state index contributed by atoms with van der Waals surface area (Å²) in [5.41, 5.74) is 2.80. The Hall–Kier alpha value is -3.39. The number of carbonyl (C=O) groups is 2. The van der Waals surface area contributed by atoms with Crippen molar-refractivity contribution < 1.29 is 9.59 Å². The first kappa shape index (κ1) is 22.3. The van der Waals surface area contributed by atoms with Gasteiger partial charge in [-0.25, -0.2) is 0 Å². The topological polar surface area (TPSA) is 88.9 Å². The molecule has 0 spiro atoms. The number of aryl methyl sites for hydroxylation is 1. The molecule has 1 heterocycles. The van der Waals surface area contributed by atoms with Crippen LogP contribution in [-0.2, 0) is 16.1 Å². The Morgan fingerprint density at radius 3 is 2.61 bits per heavy atom. The predicted octanol–water partition coefficient (Wildman–Crippen LogP) is 3.14. The van der Waals surface area contributed by atoms with Gasteiger partial charge in [0.2, 0.25) is 11.8 Å². The summed E-state index contributed by atoms with van der Waals surface area (Å²) in [7, 11) is 1.55. The number of benzene rings is 2. The van der Waals surface area contributed by atoms with Gasteiger partial charge in [-0.3, -0.25) is 14.2 Å². The lowest BCUT2D eigenvalue weighted by Gasteiger charge is -2.17. The summed E-state index contributed by atoms with van der Waals surface area (Å²) in [4.78, 5) is 24.9. The Morgan fingerprint density at radius 1 is 1.16 bits per heavy atom. The van der Waals surface area contributed by atoms with Crippen LogP contribution in [0.1, 0.15) is 17.2 Å². The van der Waals surface area contributed by atoms with E-state index in [0.717, 1.165) is 22.5 Å². The van der Waals surface area contributed by atoms with Crippen molar-refractivity contribution in [2.45, 2.75) is 24.7 Å². The third-order valence-electron chi connectivity index (χ3n) is 4.58. The van der Waals surface area contributed by atoms with Gasteiger partial charge >= 0.3 is 0 Å². The van der Waals surface area contributed by atoms with E-state index < -0.39 is 6.04 Å². The Balaban J connectivity index is 1.73. The van der Waals surface area contributed by atoms with Crippen LogP contribution in [0.25, 0.3) is 11.4 Å². The SMILES string of the molecule is C=CCn1c(SCC(=O)NC(C(=O)NC)c2ccccc2)nnc1-c1cccc(C)c1. The number of rotatable bonds is 9. The van der Waals surface area contributed by atoms with E-state index in [0.29, 0.717) is 11.7 Å². The fourth-order valence-corrected chi connectivity index (χ4v) is 3.87. The number of allylic oxidation sites excluding steroid dienone is 1. The zero-order valence-corrected chi connectivity index (χ0v) is 18.4. The van der Waals surface area contributed by atoms with Crippen molar-refractivity contribution in [3.05, 3.63) is 78.4 Å². The number of likely N-dealkylation sites (N-methyl/N-ethyl adjacent to an activating group) is 1. The Labute approximate surface area is 186 Å². The van der Waals surface area contributed by atoms with Gasteiger partial charge < -0.3 is 10.6 Å². The summed E-state index contributed by atoms with van der Waals surface area (Å²) < 4.78 is 1.92. The fraction of sp³-hybridized carbons (Fsp3) is 0.217. The van der Waals surface area contributed by atoms with E-state index in [1.165, 1.54) is 11.8 Å². The van der Waals surface area contributed by atoms with Gasteiger partial charge in [0.1, 0.15) is 6.04 Å². The molecule has 8 heteroatoms. The second-order valence-electron chi connectivity index (χ2n) is 6.89. The zero-order valence-electron chi connectivity index (χ0n) is 17.5. The molecule has 160 valence electrons. The van der Waals surface area contributed by atoms with E-state index in [4.69, 9.17) is 0 Å². The zero-order chi connectivity index (χ0) is 22.2. The molecule has 0 fully saturated rings. The van der Waals surface area contributed by atoms with Crippen molar-refractivity contribution in [1.82, 2.24) is 25.4 Å². The predicted molar refractivity (Wildman–Crippen MR) is 123 cm³/mol. The highest BCUT2D eigenvalue weighted by Crippen LogP contribution is 2.25. The Bertz CT molecular complexity index is 1060. The van der Waals surface area contributed by atoms with E-state index >= 15 is 0 Å². The number of aromatic nitrogens is 3. The van der Waals surface area contributed by atoms with Crippen LogP contribution >= 0.6 is 11.8 Å². The minimum absolute atomic E-state index is 0.101. The molecular weight excluding hydrogens is 410 g/mol. The van der Waals surface area contributed by atoms with Crippen LogP contribution in [0, 0.1) is 6.92 Å². The molecule has 0 aliphatic rings. The summed E-state index contributed by atoms with van der Waals surface area (Å²) in [6.45, 7) is 6.36. The number of thioether (sulfide) groups is 1. The van der Waals surface area contributed by atoms with Gasteiger partial charge in [-0.2, -0.15) is 0 Å². The molecule has 2 amide bonds. The van der Waals surface area contributed by atoms with Crippen molar-refractivity contribution in [3.63, 3.8) is 0 Å². The van der Waals surface area contributed by atoms with Gasteiger partial charge in [0.25, 0.3) is 0 Å². The molecule has 31 heavy (non-hydrogen) atoms. The standard InChI is InChI=1S/C23H25N5O2S/c1-4-13-28-21(18-12-8-9-16(2)14-18)26-27-23(28)31-15-19(29)25-20(22(30)24-3)17-10-6-5-7-11-17/h4-12,14,20H,1,13,15H2,2-3H3,(H,24,30)(H,25,29). The maximum atomic E-state index is 12.6. The molecule has 0 aliphatic heterocycles. The minimum Gasteiger partial charge on any atom is -0.357 e. The first-order chi connectivity index (χ1) is 15.0. The van der Waals surface area contributed by atoms with Gasteiger partial charge in [0, 0.05) is 19.2 Å². The second-order valence-corrected chi connectivity index (χ2v) is 7.83. The van der Waals surface area contributed by atoms with E-state index in [-0.39, 0.29) is 17.6 Å². The van der Waals surface area contributed by atoms with E-state index in [9.17, 15) is 9.59 Å². The van der Waals surface area contributed by atoms with E-state index in [2.05, 4.69) is 27.4 Å². The molecule has 1 unspecified atom stereocenters. The van der Waals surface area contributed by atoms with Gasteiger partial charge in [-0.1, -0.05) is 71.9 Å². The molecule has 1 atom stereocenters. The van der Waals surface area contributed by atoms with Crippen LogP contribution in [0.2, 0.25) is 0 Å². The van der Waals surface area contributed by atoms with Crippen molar-refractivity contribution in [1.29, 1.82) is 0 Å². The van der Waals surface area contributed by atoms with Crippen LogP contribution in [0.15, 0.2) is 72.4 Å². The molecule has 0 aliphatic carbocycles. The lowest BCUT2D eigenvalue weighted by molar-refractivity contribution is -0.127. The second kappa shape index (κ2) is 10.6. The lowest BCUT2D eigenvalue weighted by Crippen LogP contribution is -2.39. The average Bonchev–Trinajstić information content (AvgIpc) is 3.19. The third-order valence-corrected chi connectivity index (χ3v) is 5.55. The number of hydrogen-bond donors (Lipinski definition) is 2. The molecule has 0 bridgehead atoms. The maximum Gasteiger partial charge on any atom is 0.246 e. The smallest absolute Gasteiger partial charge is 0.246 e. The van der Waals surface area contributed by atoms with Crippen molar-refractivity contribution in [2.75, 3.05) is 12.8 Å². The van der Waals surface area contributed by atoms with Crippen LogP contribution in [0.5, 0.6) is 0 Å². The number of nitrogens with zero attached hydrogens (tertiary/aromatic N) is 3. The summed E-state index contributed by atoms with van der Waals surface area (Å²) >= 11 is 1.27. The van der Waals surface area contributed by atoms with Crippen molar-refractivity contribution in [2.24, 2.45) is 0 Å². The van der Waals surface area contributed by atoms with E-state index in [1.807, 2.05) is 66.1 Å². The van der Waals surface area contributed by atoms with Crippen LogP contribution in [0.4, 0.5) is 0 Å². The Kier molecular flexibility index (Phi) is 7.61. The molecule has 7 nitrogen and oxygen atoms in total. The third kappa shape index (κ3) is 5.61. The number of hydrogen-bond acceptors (Lipinski definition) is 5. The molecule has 3 rings (SSSR count). The molecule has 2 N–H and O–H groups in total. The van der Waals surface area contributed by atoms with E-state index in [1.54, 1.807) is 13.1 Å². The summed E-state index contributed by atoms with van der Waals surface area (Å²) in [5, 5.41) is 14.6. The highest BCUT2D eigenvalue weighted by Gasteiger charge is 2.22. The first-order valence-corrected chi connectivity index (χ1v) is 10.8. The molecular formula is C23H25N5O2S. The van der Waals surface area contributed by atoms with Crippen LogP contribution in [-0.4, -0.2) is 39.4 Å². The van der Waals surface area contributed by atoms with Crippen LogP contribution in [0.3, 0.4) is 0 Å². The van der Waals surface area contributed by atoms with Crippen molar-refractivity contribution >= 4 is 23.6 Å². The van der Waals surface area contributed by atoms with Gasteiger partial charge in [0.05, 0.1) is 5.75 Å². The lowest BCUT2D eigenvalue weighted by atomic mass is 10.1. The number of carbonyl (C=O) groups excluding carboxylic acids is 2. The molecule has 3 aromatic rings. The maximum absolute atomic E-state index is 12.6. The normalized spacial score (nSPS) is 11.5. The fourth-order valence-electron chi connectivity index (χ4n) is 3.11. The highest BCUT2D eigenvalue weighted by atomic mass is 32.2. The summed E-state index contributed by atoms with van der Waals surface area (Å²) in [6, 6.07) is 16.4. The molecule has 0 radical (unpaired) electrons.